The van der Waals surface area contributed by atoms with E-state index in [1.807, 2.05) is 0 Å². The number of ether oxygens (including phenoxy) is 1. The maximum absolute atomic E-state index is 10.0. The Morgan fingerprint density at radius 2 is 1.95 bits per heavy atom. The van der Waals surface area contributed by atoms with Crippen molar-refractivity contribution in [1.29, 1.82) is 0 Å². The quantitative estimate of drug-likeness (QED) is 0.326. The van der Waals surface area contributed by atoms with E-state index in [2.05, 4.69) is 20.4 Å². The van der Waals surface area contributed by atoms with Crippen molar-refractivity contribution in [2.45, 2.75) is 39.5 Å². The van der Waals surface area contributed by atoms with E-state index in [0.717, 1.165) is 25.0 Å². The topological polar surface area (TPSA) is 86.7 Å². The fourth-order valence-electron chi connectivity index (χ4n) is 1.19. The van der Waals surface area contributed by atoms with E-state index >= 15 is 0 Å². The number of carbonyl (C=O) groups excluding carboxylic acids is 1. The Morgan fingerprint density at radius 1 is 1.40 bits per heavy atom. The zero-order valence-corrected chi connectivity index (χ0v) is 14.6. The van der Waals surface area contributed by atoms with Gasteiger partial charge in [0, 0.05) is 6.08 Å². The smallest absolute Gasteiger partial charge is 0.545 e. The fourth-order valence-corrected chi connectivity index (χ4v) is 1.19. The molecule has 110 valence electrons. The largest absolute Gasteiger partial charge is 1.00 e. The van der Waals surface area contributed by atoms with Crippen LogP contribution >= 0.6 is 0 Å². The molecule has 0 saturated heterocycles. The molecule has 0 fully saturated rings. The van der Waals surface area contributed by atoms with E-state index in [4.69, 9.17) is 9.84 Å². The normalized spacial score (nSPS) is 10.7. The zero-order chi connectivity index (χ0) is 15.1. The number of carboxylic acid groups (broad SMARTS) is 2. The van der Waals surface area contributed by atoms with Gasteiger partial charge in [0.25, 0.3) is 0 Å². The Balaban J connectivity index is -0.000000414. The molecule has 6 heteroatoms. The van der Waals surface area contributed by atoms with Crippen LogP contribution in [0.5, 0.6) is 0 Å². The first kappa shape index (κ1) is 24.3. The van der Waals surface area contributed by atoms with Crippen LogP contribution in [0.15, 0.2) is 25.0 Å². The van der Waals surface area contributed by atoms with Crippen LogP contribution in [0.25, 0.3) is 0 Å². The van der Waals surface area contributed by atoms with Crippen molar-refractivity contribution in [3.05, 3.63) is 25.0 Å². The molecule has 1 unspecified atom stereocenters. The molecular weight excluding hydrogens is 271 g/mol. The Bertz CT molecular complexity index is 289. The van der Waals surface area contributed by atoms with Crippen LogP contribution in [-0.2, 0) is 14.3 Å². The maximum atomic E-state index is 10.0. The third kappa shape index (κ3) is 22.4. The summed E-state index contributed by atoms with van der Waals surface area (Å²) in [4.78, 5) is 19.3. The average Bonchev–Trinajstić information content (AvgIpc) is 2.38. The predicted molar refractivity (Wildman–Crippen MR) is 71.2 cm³/mol. The predicted octanol–water partition coefficient (Wildman–Crippen LogP) is -1.26. The minimum absolute atomic E-state index is 0. The summed E-state index contributed by atoms with van der Waals surface area (Å²) >= 11 is 0. The molecule has 1 atom stereocenters. The summed E-state index contributed by atoms with van der Waals surface area (Å²) in [6.45, 7) is 7.83. The van der Waals surface area contributed by atoms with Gasteiger partial charge in [0.1, 0.15) is 0 Å². The number of aliphatic carboxylic acids is 2. The summed E-state index contributed by atoms with van der Waals surface area (Å²) in [5, 5.41) is 17.6. The molecule has 0 saturated carbocycles. The van der Waals surface area contributed by atoms with Gasteiger partial charge in [-0.25, -0.2) is 4.79 Å². The van der Waals surface area contributed by atoms with Crippen molar-refractivity contribution in [2.75, 3.05) is 6.61 Å². The minimum Gasteiger partial charge on any atom is -0.545 e. The molecule has 0 aliphatic rings. The SMILES string of the molecule is C=CC(=O)O.CCCCC(CC)COC=CC(=O)[O-].[Na+]. The van der Waals surface area contributed by atoms with Crippen molar-refractivity contribution in [3.63, 3.8) is 0 Å². The van der Waals surface area contributed by atoms with Crippen LogP contribution in [0.2, 0.25) is 0 Å². The van der Waals surface area contributed by atoms with Crippen LogP contribution in [-0.4, -0.2) is 23.7 Å². The molecule has 0 heterocycles. The van der Waals surface area contributed by atoms with E-state index in [-0.39, 0.29) is 29.6 Å². The van der Waals surface area contributed by atoms with Crippen molar-refractivity contribution in [3.8, 4) is 0 Å². The molecule has 0 amide bonds. The molecule has 20 heavy (non-hydrogen) atoms. The van der Waals surface area contributed by atoms with Gasteiger partial charge in [-0.3, -0.25) is 0 Å². The molecular formula is C14H23NaO5. The molecule has 0 aliphatic carbocycles. The number of carboxylic acids is 2. The van der Waals surface area contributed by atoms with Gasteiger partial charge in [-0.1, -0.05) is 39.7 Å². The summed E-state index contributed by atoms with van der Waals surface area (Å²) in [7, 11) is 0. The fraction of sp³-hybridized carbons (Fsp3) is 0.571. The monoisotopic (exact) mass is 294 g/mol. The van der Waals surface area contributed by atoms with Gasteiger partial charge >= 0.3 is 35.5 Å². The molecule has 5 nitrogen and oxygen atoms in total. The van der Waals surface area contributed by atoms with Crippen LogP contribution in [0.1, 0.15) is 39.5 Å². The average molecular weight is 294 g/mol. The summed E-state index contributed by atoms with van der Waals surface area (Å²) in [5.41, 5.74) is 0. The van der Waals surface area contributed by atoms with Crippen LogP contribution in [0.4, 0.5) is 0 Å². The second kappa shape index (κ2) is 18.2. The molecule has 1 N–H and O–H groups in total. The third-order valence-electron chi connectivity index (χ3n) is 2.35. The minimum atomic E-state index is -1.22. The van der Waals surface area contributed by atoms with Crippen molar-refractivity contribution < 1.29 is 54.1 Å². The molecule has 0 aromatic carbocycles. The summed E-state index contributed by atoms with van der Waals surface area (Å²) in [5.74, 6) is -1.67. The Morgan fingerprint density at radius 3 is 2.30 bits per heavy atom. The number of rotatable bonds is 9. The van der Waals surface area contributed by atoms with E-state index in [1.165, 1.54) is 19.1 Å². The van der Waals surface area contributed by atoms with Gasteiger partial charge < -0.3 is 19.7 Å². The van der Waals surface area contributed by atoms with Crippen molar-refractivity contribution in [2.24, 2.45) is 5.92 Å². The Hall–Kier alpha value is -0.780. The molecule has 0 aromatic rings. The molecule has 0 aromatic heterocycles. The Labute approximate surface area is 143 Å². The van der Waals surface area contributed by atoms with Crippen LogP contribution in [0.3, 0.4) is 0 Å². The zero-order valence-electron chi connectivity index (χ0n) is 12.6. The second-order valence-electron chi connectivity index (χ2n) is 3.91. The van der Waals surface area contributed by atoms with Crippen molar-refractivity contribution in [1.82, 2.24) is 0 Å². The van der Waals surface area contributed by atoms with Gasteiger partial charge in [0.2, 0.25) is 0 Å². The van der Waals surface area contributed by atoms with Gasteiger partial charge in [-0.15, -0.1) is 0 Å². The first-order chi connectivity index (χ1) is 8.97. The van der Waals surface area contributed by atoms with Crippen LogP contribution < -0.4 is 34.7 Å². The van der Waals surface area contributed by atoms with Crippen molar-refractivity contribution >= 4 is 11.9 Å². The summed E-state index contributed by atoms with van der Waals surface area (Å²) in [6.07, 6.45) is 7.54. The van der Waals surface area contributed by atoms with Gasteiger partial charge in [0.15, 0.2) is 0 Å². The summed E-state index contributed by atoms with van der Waals surface area (Å²) in [6, 6.07) is 0. The molecule has 0 radical (unpaired) electrons. The van der Waals surface area contributed by atoms with Gasteiger partial charge in [-0.05, 0) is 18.4 Å². The molecule has 0 spiro atoms. The number of hydrogen-bond acceptors (Lipinski definition) is 4. The maximum Gasteiger partial charge on any atom is 1.00 e. The molecule has 0 aliphatic heterocycles. The van der Waals surface area contributed by atoms with Crippen LogP contribution in [0, 0.1) is 5.92 Å². The second-order valence-corrected chi connectivity index (χ2v) is 3.91. The molecule has 0 rings (SSSR count). The van der Waals surface area contributed by atoms with E-state index in [1.54, 1.807) is 0 Å². The third-order valence-corrected chi connectivity index (χ3v) is 2.35. The number of hydrogen-bond donors (Lipinski definition) is 1. The first-order valence-electron chi connectivity index (χ1n) is 6.32. The Kier molecular flexibility index (Phi) is 22.1. The molecule has 0 bridgehead atoms. The van der Waals surface area contributed by atoms with Gasteiger partial charge in [-0.2, -0.15) is 0 Å². The summed E-state index contributed by atoms with van der Waals surface area (Å²) < 4.78 is 5.09. The van der Waals surface area contributed by atoms with E-state index in [0.29, 0.717) is 12.5 Å². The van der Waals surface area contributed by atoms with E-state index < -0.39 is 11.9 Å². The van der Waals surface area contributed by atoms with E-state index in [9.17, 15) is 14.7 Å². The first-order valence-corrected chi connectivity index (χ1v) is 6.32. The van der Waals surface area contributed by atoms with Gasteiger partial charge in [0.05, 0.1) is 18.8 Å². The number of unbranched alkanes of at least 4 members (excludes halogenated alkanes) is 1. The standard InChI is InChI=1S/C11H20O3.C3H4O2.Na/c1-3-5-6-10(4-2)9-14-8-7-11(12)13;1-2-3(4)5;/h7-8,10H,3-6,9H2,1-2H3,(H,12,13);2H,1H2,(H,4,5);/q;;+1/p-1. The number of carbonyl (C=O) groups is 2.